The molecule has 0 aliphatic rings. The van der Waals surface area contributed by atoms with Crippen LogP contribution < -0.4 is 10.1 Å². The number of nitrogens with one attached hydrogen (secondary N) is 1. The number of benzene rings is 1. The van der Waals surface area contributed by atoms with E-state index < -0.39 is 6.10 Å². The van der Waals surface area contributed by atoms with Crippen molar-refractivity contribution in [2.45, 2.75) is 39.8 Å². The van der Waals surface area contributed by atoms with Crippen molar-refractivity contribution in [1.82, 2.24) is 5.32 Å². The van der Waals surface area contributed by atoms with E-state index in [1.807, 2.05) is 26.0 Å². The summed E-state index contributed by atoms with van der Waals surface area (Å²) < 4.78 is 10.9. The number of ether oxygens (including phenoxy) is 2. The minimum absolute atomic E-state index is 0.241. The van der Waals surface area contributed by atoms with Gasteiger partial charge in [0.15, 0.2) is 0 Å². The molecule has 1 rings (SSSR count). The lowest BCUT2D eigenvalue weighted by Gasteiger charge is -2.23. The molecule has 2 atom stereocenters. The molecule has 0 amide bonds. The Hall–Kier alpha value is -1.10. The number of rotatable bonds is 9. The van der Waals surface area contributed by atoms with Gasteiger partial charge in [0.05, 0.1) is 6.61 Å². The summed E-state index contributed by atoms with van der Waals surface area (Å²) >= 11 is 0. The molecule has 0 fully saturated rings. The van der Waals surface area contributed by atoms with Crippen molar-refractivity contribution >= 4 is 0 Å². The van der Waals surface area contributed by atoms with Gasteiger partial charge in [-0.15, -0.1) is 0 Å². The van der Waals surface area contributed by atoms with Crippen LogP contribution in [0.3, 0.4) is 0 Å². The first-order chi connectivity index (χ1) is 9.93. The summed E-state index contributed by atoms with van der Waals surface area (Å²) in [5.41, 5.74) is 2.24. The maximum Gasteiger partial charge on any atom is 0.122 e. The molecule has 4 nitrogen and oxygen atoms in total. The topological polar surface area (TPSA) is 50.7 Å². The van der Waals surface area contributed by atoms with Crippen molar-refractivity contribution in [2.24, 2.45) is 5.92 Å². The van der Waals surface area contributed by atoms with E-state index in [-0.39, 0.29) is 12.6 Å². The zero-order valence-corrected chi connectivity index (χ0v) is 13.8. The van der Waals surface area contributed by atoms with Crippen LogP contribution in [-0.2, 0) is 4.74 Å². The fraction of sp³-hybridized carbons (Fsp3) is 0.647. The van der Waals surface area contributed by atoms with Gasteiger partial charge >= 0.3 is 0 Å². The third-order valence-electron chi connectivity index (χ3n) is 3.54. The van der Waals surface area contributed by atoms with Gasteiger partial charge in [0, 0.05) is 19.7 Å². The van der Waals surface area contributed by atoms with Crippen molar-refractivity contribution in [3.8, 4) is 5.75 Å². The van der Waals surface area contributed by atoms with Gasteiger partial charge in [-0.3, -0.25) is 0 Å². The second-order valence-corrected chi connectivity index (χ2v) is 5.95. The molecule has 4 heteroatoms. The lowest BCUT2D eigenvalue weighted by atomic mass is 10.1. The molecular formula is C17H29NO3. The molecule has 2 unspecified atom stereocenters. The molecule has 0 aromatic heterocycles. The quantitative estimate of drug-likeness (QED) is 0.734. The molecule has 1 aromatic rings. The molecular weight excluding hydrogens is 266 g/mol. The van der Waals surface area contributed by atoms with Gasteiger partial charge in [0.1, 0.15) is 18.5 Å². The molecule has 0 aliphatic heterocycles. The molecule has 0 radical (unpaired) electrons. The molecule has 0 aliphatic carbocycles. The van der Waals surface area contributed by atoms with E-state index >= 15 is 0 Å². The summed E-state index contributed by atoms with van der Waals surface area (Å²) in [5.74, 6) is 1.29. The highest BCUT2D eigenvalue weighted by atomic mass is 16.5. The number of aliphatic hydroxyl groups is 1. The van der Waals surface area contributed by atoms with Crippen LogP contribution in [0, 0.1) is 19.8 Å². The maximum atomic E-state index is 10.0. The Kier molecular flexibility index (Phi) is 7.72. The lowest BCUT2D eigenvalue weighted by molar-refractivity contribution is 0.0898. The maximum absolute atomic E-state index is 10.0. The molecule has 2 N–H and O–H groups in total. The summed E-state index contributed by atoms with van der Waals surface area (Å²) in [6, 6.07) is 6.32. The van der Waals surface area contributed by atoms with Gasteiger partial charge in [-0.1, -0.05) is 26.0 Å². The van der Waals surface area contributed by atoms with Gasteiger partial charge in [-0.25, -0.2) is 0 Å². The van der Waals surface area contributed by atoms with Crippen LogP contribution in [0.25, 0.3) is 0 Å². The van der Waals surface area contributed by atoms with Gasteiger partial charge in [0.2, 0.25) is 0 Å². The van der Waals surface area contributed by atoms with Crippen LogP contribution in [0.4, 0.5) is 0 Å². The summed E-state index contributed by atoms with van der Waals surface area (Å²) in [5, 5.41) is 13.4. The van der Waals surface area contributed by atoms with Gasteiger partial charge in [0.25, 0.3) is 0 Å². The van der Waals surface area contributed by atoms with Crippen LogP contribution >= 0.6 is 0 Å². The molecule has 21 heavy (non-hydrogen) atoms. The van der Waals surface area contributed by atoms with E-state index in [2.05, 4.69) is 25.2 Å². The predicted molar refractivity (Wildman–Crippen MR) is 85.9 cm³/mol. The lowest BCUT2D eigenvalue weighted by Crippen LogP contribution is -2.43. The molecule has 0 saturated heterocycles. The van der Waals surface area contributed by atoms with Gasteiger partial charge < -0.3 is 19.9 Å². The van der Waals surface area contributed by atoms with E-state index in [0.717, 1.165) is 16.9 Å². The highest BCUT2D eigenvalue weighted by Gasteiger charge is 2.15. The van der Waals surface area contributed by atoms with Crippen LogP contribution in [0.1, 0.15) is 25.0 Å². The van der Waals surface area contributed by atoms with Crippen molar-refractivity contribution < 1.29 is 14.6 Å². The Morgan fingerprint density at radius 2 is 1.90 bits per heavy atom. The number of hydrogen-bond donors (Lipinski definition) is 2. The first-order valence-electron chi connectivity index (χ1n) is 7.54. The average Bonchev–Trinajstić information content (AvgIpc) is 2.44. The number of aliphatic hydroxyl groups excluding tert-OH is 1. The van der Waals surface area contributed by atoms with E-state index in [0.29, 0.717) is 19.1 Å². The fourth-order valence-corrected chi connectivity index (χ4v) is 2.06. The van der Waals surface area contributed by atoms with Crippen LogP contribution in [0.15, 0.2) is 18.2 Å². The standard InChI is InChI=1S/C17H29NO3/c1-12(2)16(11-20-5)18-9-15(19)10-21-17-8-13(3)6-7-14(17)4/h6-8,12,15-16,18-19H,9-11H2,1-5H3. The summed E-state index contributed by atoms with van der Waals surface area (Å²) in [6.07, 6.45) is -0.539. The zero-order chi connectivity index (χ0) is 15.8. The monoisotopic (exact) mass is 295 g/mol. The molecule has 0 spiro atoms. The summed E-state index contributed by atoms with van der Waals surface area (Å²) in [7, 11) is 1.69. The summed E-state index contributed by atoms with van der Waals surface area (Å²) in [6.45, 7) is 9.73. The van der Waals surface area contributed by atoms with Crippen LogP contribution in [0.2, 0.25) is 0 Å². The zero-order valence-electron chi connectivity index (χ0n) is 13.8. The second-order valence-electron chi connectivity index (χ2n) is 5.95. The molecule has 1 aromatic carbocycles. The summed E-state index contributed by atoms with van der Waals surface area (Å²) in [4.78, 5) is 0. The number of hydrogen-bond acceptors (Lipinski definition) is 4. The highest BCUT2D eigenvalue weighted by Crippen LogP contribution is 2.19. The fourth-order valence-electron chi connectivity index (χ4n) is 2.06. The molecule has 0 heterocycles. The Balaban J connectivity index is 2.39. The Morgan fingerprint density at radius 1 is 1.19 bits per heavy atom. The van der Waals surface area contributed by atoms with Gasteiger partial charge in [-0.2, -0.15) is 0 Å². The second kappa shape index (κ2) is 9.03. The molecule has 0 saturated carbocycles. The minimum atomic E-state index is -0.539. The van der Waals surface area contributed by atoms with E-state index in [1.54, 1.807) is 7.11 Å². The molecule has 0 bridgehead atoms. The van der Waals surface area contributed by atoms with Crippen molar-refractivity contribution in [3.63, 3.8) is 0 Å². The first kappa shape index (κ1) is 18.0. The largest absolute Gasteiger partial charge is 0.491 e. The van der Waals surface area contributed by atoms with Crippen molar-refractivity contribution in [2.75, 3.05) is 26.9 Å². The van der Waals surface area contributed by atoms with E-state index in [4.69, 9.17) is 9.47 Å². The van der Waals surface area contributed by atoms with E-state index in [1.165, 1.54) is 0 Å². The first-order valence-corrected chi connectivity index (χ1v) is 7.54. The van der Waals surface area contributed by atoms with Crippen molar-refractivity contribution in [3.05, 3.63) is 29.3 Å². The van der Waals surface area contributed by atoms with Crippen LogP contribution in [-0.4, -0.2) is 44.1 Å². The minimum Gasteiger partial charge on any atom is -0.491 e. The van der Waals surface area contributed by atoms with E-state index in [9.17, 15) is 5.11 Å². The predicted octanol–water partition coefficient (Wildman–Crippen LogP) is 2.30. The van der Waals surface area contributed by atoms with Gasteiger partial charge in [-0.05, 0) is 37.0 Å². The smallest absolute Gasteiger partial charge is 0.122 e. The van der Waals surface area contributed by atoms with Crippen molar-refractivity contribution in [1.29, 1.82) is 0 Å². The third kappa shape index (κ3) is 6.46. The number of aryl methyl sites for hydroxylation is 2. The Bertz CT molecular complexity index is 420. The third-order valence-corrected chi connectivity index (χ3v) is 3.54. The van der Waals surface area contributed by atoms with Crippen LogP contribution in [0.5, 0.6) is 5.75 Å². The highest BCUT2D eigenvalue weighted by molar-refractivity contribution is 5.35. The Labute approximate surface area is 128 Å². The molecule has 120 valence electrons. The average molecular weight is 295 g/mol. The Morgan fingerprint density at radius 3 is 2.52 bits per heavy atom. The SMILES string of the molecule is COCC(NCC(O)COc1cc(C)ccc1C)C(C)C. The number of methoxy groups -OCH3 is 1. The normalized spacial score (nSPS) is 14.2.